The fraction of sp³-hybridized carbons (Fsp3) is 0.316. The summed E-state index contributed by atoms with van der Waals surface area (Å²) < 4.78 is 78.3. The molecular formula is C19H16F6N4O. The first-order valence-electron chi connectivity index (χ1n) is 8.94. The monoisotopic (exact) mass is 430 g/mol. The maximum Gasteiger partial charge on any atom is 0.426 e. The van der Waals surface area contributed by atoms with Crippen LogP contribution >= 0.6 is 0 Å². The van der Waals surface area contributed by atoms with Crippen LogP contribution in [0.1, 0.15) is 33.5 Å². The Morgan fingerprint density at radius 1 is 0.700 bits per heavy atom. The molecule has 0 aromatic heterocycles. The van der Waals surface area contributed by atoms with Crippen molar-refractivity contribution >= 4 is 5.78 Å². The molecule has 2 aliphatic heterocycles. The molecule has 2 heterocycles. The molecule has 5 nitrogen and oxygen atoms in total. The molecule has 0 saturated carbocycles. The third-order valence-electron chi connectivity index (χ3n) is 5.27. The first-order chi connectivity index (χ1) is 14.0. The van der Waals surface area contributed by atoms with Crippen LogP contribution in [-0.2, 0) is 17.7 Å². The zero-order valence-corrected chi connectivity index (χ0v) is 15.2. The Kier molecular flexibility index (Phi) is 4.69. The van der Waals surface area contributed by atoms with E-state index in [0.717, 1.165) is 0 Å². The van der Waals surface area contributed by atoms with Crippen molar-refractivity contribution < 1.29 is 31.1 Å². The smallest absolute Gasteiger partial charge is 0.294 e. The van der Waals surface area contributed by atoms with E-state index in [1.54, 1.807) is 0 Å². The lowest BCUT2D eigenvalue weighted by Crippen LogP contribution is -2.34. The van der Waals surface area contributed by atoms with E-state index in [2.05, 4.69) is 21.7 Å². The second kappa shape index (κ2) is 6.77. The van der Waals surface area contributed by atoms with Gasteiger partial charge < -0.3 is 0 Å². The lowest BCUT2D eigenvalue weighted by molar-refractivity contribution is -0.166. The Hall–Kier alpha value is -2.47. The van der Waals surface area contributed by atoms with Crippen LogP contribution in [0.4, 0.5) is 26.3 Å². The minimum absolute atomic E-state index is 0.0153. The third-order valence-corrected chi connectivity index (χ3v) is 5.27. The molecule has 2 fully saturated rings. The van der Waals surface area contributed by atoms with Crippen LogP contribution in [0, 0.1) is 0 Å². The number of carbonyl (C=O) groups is 1. The maximum atomic E-state index is 13.1. The number of carbonyl (C=O) groups excluding carboxylic acids is 1. The zero-order valence-electron chi connectivity index (χ0n) is 15.2. The van der Waals surface area contributed by atoms with Gasteiger partial charge in [0.15, 0.2) is 5.78 Å². The van der Waals surface area contributed by atoms with Crippen LogP contribution in [0.2, 0.25) is 0 Å². The number of hydrogen-bond donors (Lipinski definition) is 4. The van der Waals surface area contributed by atoms with Gasteiger partial charge in [0.25, 0.3) is 0 Å². The normalized spacial score (nSPS) is 19.4. The van der Waals surface area contributed by atoms with Gasteiger partial charge >= 0.3 is 12.4 Å². The number of benzene rings is 2. The number of halogens is 6. The minimum Gasteiger partial charge on any atom is -0.294 e. The first kappa shape index (κ1) is 20.8. The average Bonchev–Trinajstić information content (AvgIpc) is 3.58. The van der Waals surface area contributed by atoms with E-state index in [-0.39, 0.29) is 35.3 Å². The van der Waals surface area contributed by atoms with Crippen LogP contribution in [0.15, 0.2) is 48.5 Å². The van der Waals surface area contributed by atoms with Gasteiger partial charge in [0.05, 0.1) is 0 Å². The van der Waals surface area contributed by atoms with Crippen LogP contribution in [0.5, 0.6) is 0 Å². The number of aryl methyl sites for hydroxylation is 1. The molecule has 2 saturated heterocycles. The van der Waals surface area contributed by atoms with Gasteiger partial charge in [-0.2, -0.15) is 26.3 Å². The zero-order chi connectivity index (χ0) is 21.8. The Bertz CT molecular complexity index is 945. The summed E-state index contributed by atoms with van der Waals surface area (Å²) >= 11 is 0. The topological polar surface area (TPSA) is 105 Å². The number of nitrogens with one attached hydrogen (secondary N) is 4. The molecule has 0 unspecified atom stereocenters. The van der Waals surface area contributed by atoms with Gasteiger partial charge in [0.2, 0.25) is 11.3 Å². The summed E-state index contributed by atoms with van der Waals surface area (Å²) in [6.45, 7) is 0. The highest BCUT2D eigenvalue weighted by Gasteiger charge is 2.66. The molecule has 2 aliphatic rings. The number of Topliss-reactive ketones (excluding diaryl/α,β-unsaturated/α-hetero) is 1. The quantitative estimate of drug-likeness (QED) is 0.320. The second-order valence-electron chi connectivity index (χ2n) is 7.19. The molecule has 0 bridgehead atoms. The van der Waals surface area contributed by atoms with Crippen molar-refractivity contribution in [2.45, 2.75) is 36.5 Å². The van der Waals surface area contributed by atoms with Gasteiger partial charge in [0.1, 0.15) is 0 Å². The summed E-state index contributed by atoms with van der Waals surface area (Å²) in [6, 6.07) is 10.8. The summed E-state index contributed by atoms with van der Waals surface area (Å²) in [5, 5.41) is 0. The van der Waals surface area contributed by atoms with Crippen molar-refractivity contribution in [3.63, 3.8) is 0 Å². The average molecular weight is 430 g/mol. The number of hydrazine groups is 2. The molecule has 0 amide bonds. The summed E-state index contributed by atoms with van der Waals surface area (Å²) in [5.74, 6) is -0.277. The maximum absolute atomic E-state index is 13.1. The lowest BCUT2D eigenvalue weighted by Gasteiger charge is -2.16. The van der Waals surface area contributed by atoms with Crippen LogP contribution < -0.4 is 21.7 Å². The fourth-order valence-electron chi connectivity index (χ4n) is 3.25. The number of rotatable bonds is 6. The SMILES string of the molecule is O=C(CCc1ccc(C2(C(F)(F)F)NN2)cc1)c1ccc(C2(C(F)(F)F)NN2)cc1. The highest BCUT2D eigenvalue weighted by Crippen LogP contribution is 2.43. The van der Waals surface area contributed by atoms with Crippen LogP contribution in [0.3, 0.4) is 0 Å². The van der Waals surface area contributed by atoms with E-state index in [0.29, 0.717) is 5.56 Å². The Balaban J connectivity index is 1.37. The molecule has 0 radical (unpaired) electrons. The number of hydrogen-bond acceptors (Lipinski definition) is 5. The summed E-state index contributed by atoms with van der Waals surface area (Å²) in [6.07, 6.45) is -8.66. The third kappa shape index (κ3) is 3.47. The molecule has 160 valence electrons. The van der Waals surface area contributed by atoms with Gasteiger partial charge in [-0.1, -0.05) is 48.5 Å². The molecule has 4 N–H and O–H groups in total. The van der Waals surface area contributed by atoms with E-state index < -0.39 is 23.7 Å². The Morgan fingerprint density at radius 3 is 1.47 bits per heavy atom. The molecular weight excluding hydrogens is 414 g/mol. The van der Waals surface area contributed by atoms with Crippen molar-refractivity contribution in [3.8, 4) is 0 Å². The predicted molar refractivity (Wildman–Crippen MR) is 93.5 cm³/mol. The van der Waals surface area contributed by atoms with E-state index in [1.807, 2.05) is 0 Å². The van der Waals surface area contributed by atoms with E-state index in [1.165, 1.54) is 48.5 Å². The standard InChI is InChI=1S/C19H16F6N4O/c20-18(21,22)16(26-27-16)13-6-1-11(2-7-13)3-10-15(30)12-4-8-14(9-5-12)17(28-29-17)19(23,24)25/h1-2,4-9,26-29H,3,10H2. The minimum atomic E-state index is -4.53. The van der Waals surface area contributed by atoms with Gasteiger partial charge in [-0.05, 0) is 23.1 Å². The first-order valence-corrected chi connectivity index (χ1v) is 8.94. The number of alkyl halides is 6. The molecule has 30 heavy (non-hydrogen) atoms. The summed E-state index contributed by atoms with van der Waals surface area (Å²) in [7, 11) is 0. The van der Waals surface area contributed by atoms with Crippen LogP contribution in [-0.4, -0.2) is 18.1 Å². The Labute approximate surface area is 166 Å². The second-order valence-corrected chi connectivity index (χ2v) is 7.19. The molecule has 0 spiro atoms. The Morgan fingerprint density at radius 2 is 1.10 bits per heavy atom. The molecule has 2 aromatic rings. The van der Waals surface area contributed by atoms with Gasteiger partial charge in [-0.3, -0.25) is 4.79 Å². The van der Waals surface area contributed by atoms with Crippen molar-refractivity contribution in [2.75, 3.05) is 0 Å². The largest absolute Gasteiger partial charge is 0.426 e. The fourth-order valence-corrected chi connectivity index (χ4v) is 3.25. The van der Waals surface area contributed by atoms with Crippen molar-refractivity contribution in [1.29, 1.82) is 0 Å². The lowest BCUT2D eigenvalue weighted by atomic mass is 9.97. The van der Waals surface area contributed by atoms with Crippen molar-refractivity contribution in [2.24, 2.45) is 0 Å². The molecule has 0 aliphatic carbocycles. The molecule has 11 heteroatoms. The molecule has 2 aromatic carbocycles. The van der Waals surface area contributed by atoms with Gasteiger partial charge in [-0.15, -0.1) is 0 Å². The predicted octanol–water partition coefficient (Wildman–Crippen LogP) is 3.15. The van der Waals surface area contributed by atoms with Gasteiger partial charge in [0, 0.05) is 12.0 Å². The molecule has 0 atom stereocenters. The highest BCUT2D eigenvalue weighted by molar-refractivity contribution is 5.96. The highest BCUT2D eigenvalue weighted by atomic mass is 19.4. The molecule has 4 rings (SSSR count). The van der Waals surface area contributed by atoms with Gasteiger partial charge in [-0.25, -0.2) is 21.7 Å². The summed E-state index contributed by atoms with van der Waals surface area (Å²) in [5.41, 5.74) is 4.79. The van der Waals surface area contributed by atoms with Crippen molar-refractivity contribution in [3.05, 3.63) is 70.8 Å². The number of ketones is 1. The van der Waals surface area contributed by atoms with E-state index >= 15 is 0 Å². The van der Waals surface area contributed by atoms with Crippen molar-refractivity contribution in [1.82, 2.24) is 21.7 Å². The van der Waals surface area contributed by atoms with Crippen LogP contribution in [0.25, 0.3) is 0 Å². The van der Waals surface area contributed by atoms with E-state index in [9.17, 15) is 31.1 Å². The van der Waals surface area contributed by atoms with E-state index in [4.69, 9.17) is 0 Å². The summed E-state index contributed by atoms with van der Waals surface area (Å²) in [4.78, 5) is 12.3.